The number of hydrogen-bond acceptors (Lipinski definition) is 5. The van der Waals surface area contributed by atoms with Crippen LogP contribution in [-0.2, 0) is 16.6 Å². The van der Waals surface area contributed by atoms with Crippen LogP contribution < -0.4 is 5.56 Å². The minimum Gasteiger partial charge on any atom is -0.339 e. The van der Waals surface area contributed by atoms with Crippen molar-refractivity contribution in [3.05, 3.63) is 46.2 Å². The number of aromatic nitrogens is 3. The summed E-state index contributed by atoms with van der Waals surface area (Å²) in [6.45, 7) is 3.86. The second-order valence-corrected chi connectivity index (χ2v) is 9.12. The smallest absolute Gasteiger partial charge is 0.263 e. The van der Waals surface area contributed by atoms with Crippen molar-refractivity contribution in [1.29, 1.82) is 0 Å². The molecule has 1 saturated carbocycles. The maximum atomic E-state index is 13.2. The Kier molecular flexibility index (Phi) is 4.73. The summed E-state index contributed by atoms with van der Waals surface area (Å²) in [5.74, 6) is -1.22. The first kappa shape index (κ1) is 19.6. The number of aromatic amines is 1. The Morgan fingerprint density at radius 1 is 1.10 bits per heavy atom. The first-order valence-corrected chi connectivity index (χ1v) is 10.7. The Morgan fingerprint density at radius 2 is 1.72 bits per heavy atom. The molecule has 1 aliphatic carbocycles. The van der Waals surface area contributed by atoms with E-state index in [1.54, 1.807) is 7.05 Å². The molecule has 29 heavy (non-hydrogen) atoms. The van der Waals surface area contributed by atoms with Crippen LogP contribution in [-0.4, -0.2) is 32.4 Å². The first-order valence-electron chi connectivity index (χ1n) is 9.51. The van der Waals surface area contributed by atoms with Gasteiger partial charge in [-0.15, -0.1) is 0 Å². The number of nitrogens with one attached hydrogen (secondary N) is 1. The lowest BCUT2D eigenvalue weighted by Gasteiger charge is -2.32. The predicted octanol–water partition coefficient (Wildman–Crippen LogP) is 3.69. The van der Waals surface area contributed by atoms with Crippen molar-refractivity contribution in [3.63, 3.8) is 0 Å². The third-order valence-corrected chi connectivity index (χ3v) is 6.25. The molecule has 6 nitrogen and oxygen atoms in total. The quantitative estimate of drug-likeness (QED) is 0.405. The van der Waals surface area contributed by atoms with Crippen LogP contribution in [0.15, 0.2) is 40.3 Å². The first-order chi connectivity index (χ1) is 13.7. The number of carbonyl (C=O) groups excluding carboxylic acids is 2. The summed E-state index contributed by atoms with van der Waals surface area (Å²) in [4.78, 5) is 47.2. The lowest BCUT2D eigenvalue weighted by Crippen LogP contribution is -2.36. The lowest BCUT2D eigenvalue weighted by molar-refractivity contribution is -0.135. The van der Waals surface area contributed by atoms with E-state index in [1.165, 1.54) is 16.3 Å². The molecule has 0 bridgehead atoms. The normalized spacial score (nSPS) is 17.2. The van der Waals surface area contributed by atoms with E-state index in [1.807, 2.05) is 50.4 Å². The molecule has 3 aromatic rings. The third-order valence-electron chi connectivity index (χ3n) is 5.51. The van der Waals surface area contributed by atoms with Crippen LogP contribution in [0.25, 0.3) is 22.3 Å². The van der Waals surface area contributed by atoms with Crippen molar-refractivity contribution in [2.75, 3.05) is 6.26 Å². The van der Waals surface area contributed by atoms with Gasteiger partial charge in [0.05, 0.1) is 11.1 Å². The van der Waals surface area contributed by atoms with Gasteiger partial charge in [0.25, 0.3) is 5.56 Å². The molecule has 2 aromatic heterocycles. The zero-order chi connectivity index (χ0) is 20.9. The van der Waals surface area contributed by atoms with E-state index in [0.29, 0.717) is 40.3 Å². The molecule has 2 heterocycles. The van der Waals surface area contributed by atoms with Crippen molar-refractivity contribution in [2.45, 2.75) is 37.8 Å². The van der Waals surface area contributed by atoms with Crippen LogP contribution in [0.5, 0.6) is 0 Å². The van der Waals surface area contributed by atoms with Crippen molar-refractivity contribution in [1.82, 2.24) is 14.5 Å². The van der Waals surface area contributed by atoms with E-state index in [2.05, 4.69) is 9.97 Å². The Bertz CT molecular complexity index is 1170. The summed E-state index contributed by atoms with van der Waals surface area (Å²) in [5, 5.41) is 0.896. The van der Waals surface area contributed by atoms with Crippen LogP contribution in [0.2, 0.25) is 0 Å². The molecule has 0 saturated heterocycles. The summed E-state index contributed by atoms with van der Waals surface area (Å²) >= 11 is 1.37. The van der Waals surface area contributed by atoms with Crippen LogP contribution >= 0.6 is 11.8 Å². The maximum Gasteiger partial charge on any atom is 0.263 e. The molecule has 0 radical (unpaired) electrons. The largest absolute Gasteiger partial charge is 0.339 e. The van der Waals surface area contributed by atoms with E-state index in [0.717, 1.165) is 5.56 Å². The maximum absolute atomic E-state index is 13.2. The van der Waals surface area contributed by atoms with Crippen LogP contribution in [0.3, 0.4) is 0 Å². The highest BCUT2D eigenvalue weighted by Gasteiger charge is 2.43. The molecular weight excluding hydrogens is 386 g/mol. The molecule has 1 aliphatic rings. The molecule has 0 unspecified atom stereocenters. The Balaban J connectivity index is 2.06. The number of thioether (sulfide) groups is 1. The number of ketones is 2. The molecule has 150 valence electrons. The number of H-pyrrole nitrogens is 1. The molecule has 1 N–H and O–H groups in total. The monoisotopic (exact) mass is 409 g/mol. The van der Waals surface area contributed by atoms with Gasteiger partial charge < -0.3 is 4.98 Å². The number of Topliss-reactive ketones (excluding diaryl/α,β-unsaturated/α-hetero) is 2. The molecule has 0 amide bonds. The molecule has 0 atom stereocenters. The molecule has 0 spiro atoms. The van der Waals surface area contributed by atoms with Gasteiger partial charge in [-0.25, -0.2) is 4.98 Å². The van der Waals surface area contributed by atoms with E-state index in [4.69, 9.17) is 0 Å². The number of hydrogen-bond donors (Lipinski definition) is 1. The van der Waals surface area contributed by atoms with Crippen LogP contribution in [0.1, 0.15) is 38.2 Å². The van der Waals surface area contributed by atoms with Gasteiger partial charge in [-0.2, -0.15) is 0 Å². The fraction of sp³-hybridized carbons (Fsp3) is 0.364. The third kappa shape index (κ3) is 3.23. The summed E-state index contributed by atoms with van der Waals surface area (Å²) < 4.78 is 1.47. The van der Waals surface area contributed by atoms with Crippen molar-refractivity contribution < 1.29 is 9.59 Å². The van der Waals surface area contributed by atoms with Gasteiger partial charge in [-0.1, -0.05) is 55.9 Å². The number of rotatable bonds is 3. The van der Waals surface area contributed by atoms with Gasteiger partial charge in [-0.05, 0) is 17.2 Å². The molecule has 7 heteroatoms. The highest BCUT2D eigenvalue weighted by molar-refractivity contribution is 7.98. The van der Waals surface area contributed by atoms with Crippen molar-refractivity contribution >= 4 is 34.4 Å². The second-order valence-electron chi connectivity index (χ2n) is 8.35. The summed E-state index contributed by atoms with van der Waals surface area (Å²) in [6.07, 6.45) is 2.47. The zero-order valence-electron chi connectivity index (χ0n) is 16.9. The average molecular weight is 410 g/mol. The van der Waals surface area contributed by atoms with E-state index in [9.17, 15) is 14.4 Å². The molecule has 4 rings (SSSR count). The van der Waals surface area contributed by atoms with Crippen LogP contribution in [0.4, 0.5) is 0 Å². The molecule has 0 aliphatic heterocycles. The van der Waals surface area contributed by atoms with E-state index >= 15 is 0 Å². The highest BCUT2D eigenvalue weighted by Crippen LogP contribution is 2.42. The number of fused-ring (bicyclic) bond motifs is 1. The van der Waals surface area contributed by atoms with Gasteiger partial charge in [0.1, 0.15) is 23.1 Å². The van der Waals surface area contributed by atoms with E-state index < -0.39 is 5.92 Å². The molecular formula is C22H23N3O3S. The lowest BCUT2D eigenvalue weighted by atomic mass is 9.69. The second kappa shape index (κ2) is 6.99. The van der Waals surface area contributed by atoms with Gasteiger partial charge in [0.15, 0.2) is 5.16 Å². The number of carbonyl (C=O) groups is 2. The SMILES string of the molecule is CSc1nc2[nH]c(-c3ccccc3)c(C3C(=O)CC(C)(C)CC3=O)c2c(=O)n1C. The van der Waals surface area contributed by atoms with Gasteiger partial charge in [-0.3, -0.25) is 19.0 Å². The number of nitrogens with zero attached hydrogens (tertiary/aromatic N) is 2. The minimum atomic E-state index is -0.943. The van der Waals surface area contributed by atoms with Crippen molar-refractivity contribution in [2.24, 2.45) is 12.5 Å². The fourth-order valence-corrected chi connectivity index (χ4v) is 4.78. The van der Waals surface area contributed by atoms with Gasteiger partial charge >= 0.3 is 0 Å². The van der Waals surface area contributed by atoms with Crippen LogP contribution in [0, 0.1) is 5.41 Å². The zero-order valence-corrected chi connectivity index (χ0v) is 17.7. The highest BCUT2D eigenvalue weighted by atomic mass is 32.2. The van der Waals surface area contributed by atoms with Gasteiger partial charge in [0.2, 0.25) is 0 Å². The predicted molar refractivity (Wildman–Crippen MR) is 114 cm³/mol. The summed E-state index contributed by atoms with van der Waals surface area (Å²) in [6, 6.07) is 9.47. The molecule has 1 aromatic carbocycles. The van der Waals surface area contributed by atoms with E-state index in [-0.39, 0.29) is 22.5 Å². The minimum absolute atomic E-state index is 0.139. The summed E-state index contributed by atoms with van der Waals surface area (Å²) in [5.41, 5.74) is 1.71. The Labute approximate surface area is 172 Å². The number of benzene rings is 1. The van der Waals surface area contributed by atoms with Gasteiger partial charge in [0, 0.05) is 25.5 Å². The average Bonchev–Trinajstić information content (AvgIpc) is 3.03. The topological polar surface area (TPSA) is 84.8 Å². The fourth-order valence-electron chi connectivity index (χ4n) is 4.24. The Hall–Kier alpha value is -2.67. The standard InChI is InChI=1S/C22H23N3O3S/c1-22(2)10-13(26)15(14(27)11-22)16-17-19(24-21(29-4)25(3)20(17)28)23-18(16)12-8-6-5-7-9-12/h5-9,15,23H,10-11H2,1-4H3. The Morgan fingerprint density at radius 3 is 2.31 bits per heavy atom. The molecule has 1 fully saturated rings. The van der Waals surface area contributed by atoms with Crippen molar-refractivity contribution in [3.8, 4) is 11.3 Å². The summed E-state index contributed by atoms with van der Waals surface area (Å²) in [7, 11) is 1.66.